The van der Waals surface area contributed by atoms with Crippen molar-refractivity contribution in [3.05, 3.63) is 48.0 Å². The molecule has 3 rings (SSSR count). The lowest BCUT2D eigenvalue weighted by atomic mass is 9.93. The molecule has 1 saturated heterocycles. The second-order valence-electron chi connectivity index (χ2n) is 5.51. The summed E-state index contributed by atoms with van der Waals surface area (Å²) >= 11 is 0. The Bertz CT molecular complexity index is 559. The zero-order chi connectivity index (χ0) is 13.2. The van der Waals surface area contributed by atoms with E-state index >= 15 is 0 Å². The molecule has 3 atom stereocenters. The largest absolute Gasteiger partial charge is 0.390 e. The molecule has 2 aromatic rings. The molecule has 1 aliphatic rings. The minimum absolute atomic E-state index is 0.0148. The van der Waals surface area contributed by atoms with E-state index < -0.39 is 6.10 Å². The second kappa shape index (κ2) is 5.32. The molecule has 19 heavy (non-hydrogen) atoms. The van der Waals surface area contributed by atoms with Crippen molar-refractivity contribution in [2.45, 2.75) is 32.0 Å². The molecule has 100 valence electrons. The lowest BCUT2D eigenvalue weighted by molar-refractivity contribution is -0.0156. The standard InChI is InChI=1S/C17H20O2/c1-12-9-10-19-17(12)16(18)11-14-7-4-6-13-5-2-3-8-15(13)14/h2-8,12,16-18H,9-11H2,1H3. The molecular weight excluding hydrogens is 236 g/mol. The van der Waals surface area contributed by atoms with E-state index in [9.17, 15) is 5.11 Å². The minimum atomic E-state index is -0.414. The summed E-state index contributed by atoms with van der Waals surface area (Å²) in [6, 6.07) is 14.6. The summed E-state index contributed by atoms with van der Waals surface area (Å²) in [4.78, 5) is 0. The van der Waals surface area contributed by atoms with E-state index in [-0.39, 0.29) is 6.10 Å². The lowest BCUT2D eigenvalue weighted by Crippen LogP contribution is -2.31. The van der Waals surface area contributed by atoms with E-state index in [2.05, 4.69) is 37.3 Å². The maximum Gasteiger partial charge on any atom is 0.0863 e. The zero-order valence-electron chi connectivity index (χ0n) is 11.3. The van der Waals surface area contributed by atoms with Gasteiger partial charge in [0.05, 0.1) is 12.2 Å². The van der Waals surface area contributed by atoms with Crippen molar-refractivity contribution in [3.8, 4) is 0 Å². The summed E-state index contributed by atoms with van der Waals surface area (Å²) in [6.45, 7) is 2.93. The molecule has 1 fully saturated rings. The van der Waals surface area contributed by atoms with Crippen molar-refractivity contribution in [1.82, 2.24) is 0 Å². The van der Waals surface area contributed by atoms with Crippen LogP contribution in [0.25, 0.3) is 10.8 Å². The van der Waals surface area contributed by atoms with Crippen LogP contribution in [0, 0.1) is 5.92 Å². The minimum Gasteiger partial charge on any atom is -0.390 e. The van der Waals surface area contributed by atoms with Crippen molar-refractivity contribution < 1.29 is 9.84 Å². The molecule has 0 amide bonds. The number of aliphatic hydroxyl groups excluding tert-OH is 1. The number of aliphatic hydroxyl groups is 1. The highest BCUT2D eigenvalue weighted by Crippen LogP contribution is 2.26. The molecule has 1 heterocycles. The van der Waals surface area contributed by atoms with Gasteiger partial charge in [-0.25, -0.2) is 0 Å². The molecule has 0 bridgehead atoms. The molecule has 1 aliphatic heterocycles. The van der Waals surface area contributed by atoms with Gasteiger partial charge in [0, 0.05) is 13.0 Å². The Morgan fingerprint density at radius 2 is 2.00 bits per heavy atom. The maximum absolute atomic E-state index is 10.4. The summed E-state index contributed by atoms with van der Waals surface area (Å²) in [5.74, 6) is 0.449. The first kappa shape index (κ1) is 12.6. The van der Waals surface area contributed by atoms with Crippen molar-refractivity contribution in [3.63, 3.8) is 0 Å². The van der Waals surface area contributed by atoms with E-state index in [4.69, 9.17) is 4.74 Å². The third-order valence-electron chi connectivity index (χ3n) is 4.13. The Hall–Kier alpha value is -1.38. The predicted octanol–water partition coefficient (Wildman–Crippen LogP) is 3.17. The van der Waals surface area contributed by atoms with Crippen LogP contribution in [0.4, 0.5) is 0 Å². The van der Waals surface area contributed by atoms with Gasteiger partial charge in [-0.05, 0) is 28.7 Å². The predicted molar refractivity (Wildman–Crippen MR) is 77.2 cm³/mol. The molecular formula is C17H20O2. The third-order valence-corrected chi connectivity index (χ3v) is 4.13. The highest BCUT2D eigenvalue weighted by Gasteiger charge is 2.30. The number of ether oxygens (including phenoxy) is 1. The van der Waals surface area contributed by atoms with E-state index in [1.54, 1.807) is 0 Å². The maximum atomic E-state index is 10.4. The van der Waals surface area contributed by atoms with Gasteiger partial charge in [0.25, 0.3) is 0 Å². The van der Waals surface area contributed by atoms with Crippen LogP contribution in [0.1, 0.15) is 18.9 Å². The Balaban J connectivity index is 1.85. The second-order valence-corrected chi connectivity index (χ2v) is 5.51. The van der Waals surface area contributed by atoms with Gasteiger partial charge in [-0.2, -0.15) is 0 Å². The fourth-order valence-electron chi connectivity index (χ4n) is 3.02. The average molecular weight is 256 g/mol. The monoisotopic (exact) mass is 256 g/mol. The van der Waals surface area contributed by atoms with Gasteiger partial charge in [-0.1, -0.05) is 49.4 Å². The van der Waals surface area contributed by atoms with Crippen molar-refractivity contribution in [1.29, 1.82) is 0 Å². The zero-order valence-corrected chi connectivity index (χ0v) is 11.3. The summed E-state index contributed by atoms with van der Waals surface area (Å²) in [5, 5.41) is 12.9. The molecule has 1 N–H and O–H groups in total. The normalized spacial score (nSPS) is 24.7. The van der Waals surface area contributed by atoms with Gasteiger partial charge in [0.1, 0.15) is 0 Å². The summed E-state index contributed by atoms with van der Waals surface area (Å²) in [7, 11) is 0. The van der Waals surface area contributed by atoms with E-state index in [0.717, 1.165) is 13.0 Å². The number of benzene rings is 2. The van der Waals surface area contributed by atoms with Crippen molar-refractivity contribution in [2.75, 3.05) is 6.61 Å². The Labute approximate surface area is 114 Å². The van der Waals surface area contributed by atoms with Gasteiger partial charge in [-0.3, -0.25) is 0 Å². The van der Waals surface area contributed by atoms with Gasteiger partial charge in [0.2, 0.25) is 0 Å². The fraction of sp³-hybridized carbons (Fsp3) is 0.412. The van der Waals surface area contributed by atoms with E-state index in [0.29, 0.717) is 12.3 Å². The quantitative estimate of drug-likeness (QED) is 0.914. The molecule has 0 spiro atoms. The molecule has 0 aliphatic carbocycles. The van der Waals surface area contributed by atoms with Crippen LogP contribution in [0.3, 0.4) is 0 Å². The van der Waals surface area contributed by atoms with Crippen LogP contribution >= 0.6 is 0 Å². The van der Waals surface area contributed by atoms with E-state index in [1.165, 1.54) is 16.3 Å². The molecule has 2 nitrogen and oxygen atoms in total. The SMILES string of the molecule is CC1CCOC1C(O)Cc1cccc2ccccc12. The molecule has 2 aromatic carbocycles. The molecule has 0 saturated carbocycles. The van der Waals surface area contributed by atoms with Gasteiger partial charge in [0.15, 0.2) is 0 Å². The Morgan fingerprint density at radius 1 is 1.21 bits per heavy atom. The number of hydrogen-bond acceptors (Lipinski definition) is 2. The highest BCUT2D eigenvalue weighted by atomic mass is 16.5. The first-order valence-electron chi connectivity index (χ1n) is 7.02. The molecule has 2 heteroatoms. The summed E-state index contributed by atoms with van der Waals surface area (Å²) in [5.41, 5.74) is 1.20. The lowest BCUT2D eigenvalue weighted by Gasteiger charge is -2.22. The van der Waals surface area contributed by atoms with Gasteiger partial charge in [-0.15, -0.1) is 0 Å². The third kappa shape index (κ3) is 2.51. The van der Waals surface area contributed by atoms with Gasteiger partial charge >= 0.3 is 0 Å². The number of hydrogen-bond donors (Lipinski definition) is 1. The van der Waals surface area contributed by atoms with Crippen LogP contribution in [0.5, 0.6) is 0 Å². The number of fused-ring (bicyclic) bond motifs is 1. The van der Waals surface area contributed by atoms with Crippen molar-refractivity contribution >= 4 is 10.8 Å². The van der Waals surface area contributed by atoms with Crippen LogP contribution in [0.15, 0.2) is 42.5 Å². The van der Waals surface area contributed by atoms with Gasteiger partial charge < -0.3 is 9.84 Å². The van der Waals surface area contributed by atoms with Crippen LogP contribution in [-0.2, 0) is 11.2 Å². The summed E-state index contributed by atoms with van der Waals surface area (Å²) in [6.07, 6.45) is 1.29. The molecule has 0 radical (unpaired) electrons. The average Bonchev–Trinajstić information content (AvgIpc) is 2.85. The number of rotatable bonds is 3. The molecule has 3 unspecified atom stereocenters. The fourth-order valence-corrected chi connectivity index (χ4v) is 3.02. The highest BCUT2D eigenvalue weighted by molar-refractivity contribution is 5.85. The Kier molecular flexibility index (Phi) is 3.54. The smallest absolute Gasteiger partial charge is 0.0863 e. The van der Waals surface area contributed by atoms with Crippen LogP contribution in [-0.4, -0.2) is 23.9 Å². The first-order chi connectivity index (χ1) is 9.25. The van der Waals surface area contributed by atoms with Crippen LogP contribution < -0.4 is 0 Å². The molecule has 0 aromatic heterocycles. The Morgan fingerprint density at radius 3 is 2.79 bits per heavy atom. The van der Waals surface area contributed by atoms with Crippen molar-refractivity contribution in [2.24, 2.45) is 5.92 Å². The van der Waals surface area contributed by atoms with Crippen LogP contribution in [0.2, 0.25) is 0 Å². The topological polar surface area (TPSA) is 29.5 Å². The van der Waals surface area contributed by atoms with E-state index in [1.807, 2.05) is 12.1 Å². The first-order valence-corrected chi connectivity index (χ1v) is 7.02. The summed E-state index contributed by atoms with van der Waals surface area (Å²) < 4.78 is 5.66.